The fourth-order valence-electron chi connectivity index (χ4n) is 2.29. The third kappa shape index (κ3) is 3.55. The van der Waals surface area contributed by atoms with Gasteiger partial charge in [0.2, 0.25) is 10.0 Å². The van der Waals surface area contributed by atoms with Crippen molar-refractivity contribution in [3.63, 3.8) is 0 Å². The summed E-state index contributed by atoms with van der Waals surface area (Å²) in [7, 11) is -4.00. The van der Waals surface area contributed by atoms with Crippen LogP contribution < -0.4 is 10.6 Å². The maximum atomic E-state index is 13.6. The summed E-state index contributed by atoms with van der Waals surface area (Å²) < 4.78 is 52.2. The molecule has 1 aromatic carbocycles. The number of nitrogens with zero attached hydrogens (tertiary/aromatic N) is 1. The van der Waals surface area contributed by atoms with Gasteiger partial charge >= 0.3 is 0 Å². The van der Waals surface area contributed by atoms with Crippen LogP contribution in [0.1, 0.15) is 0 Å². The number of nitrogens with two attached hydrogens (primary N) is 1. The average molecular weight is 320 g/mol. The highest BCUT2D eigenvalue weighted by Crippen LogP contribution is 2.20. The van der Waals surface area contributed by atoms with Gasteiger partial charge in [-0.15, -0.1) is 0 Å². The van der Waals surface area contributed by atoms with Crippen LogP contribution in [0.15, 0.2) is 23.1 Å². The lowest BCUT2D eigenvalue weighted by molar-refractivity contribution is -0.895. The summed E-state index contributed by atoms with van der Waals surface area (Å²) in [5, 5.41) is 0. The highest BCUT2D eigenvalue weighted by Gasteiger charge is 2.32. The van der Waals surface area contributed by atoms with E-state index in [4.69, 9.17) is 5.73 Å². The van der Waals surface area contributed by atoms with Gasteiger partial charge in [0.15, 0.2) is 6.54 Å². The second kappa shape index (κ2) is 6.04. The highest BCUT2D eigenvalue weighted by molar-refractivity contribution is 7.89. The summed E-state index contributed by atoms with van der Waals surface area (Å²) in [6, 6.07) is 2.37. The first-order valence-corrected chi connectivity index (χ1v) is 7.82. The van der Waals surface area contributed by atoms with Crippen LogP contribution in [0.25, 0.3) is 0 Å². The predicted octanol–water partition coefficient (Wildman–Crippen LogP) is -1.66. The van der Waals surface area contributed by atoms with Crippen molar-refractivity contribution < 1.29 is 26.9 Å². The SMILES string of the molecule is NC(=O)C[NH+]1CCN(S(=O)(=O)c2ccc(F)cc2F)CC1. The van der Waals surface area contributed by atoms with Gasteiger partial charge in [-0.2, -0.15) is 4.31 Å². The van der Waals surface area contributed by atoms with Gasteiger partial charge < -0.3 is 10.6 Å². The largest absolute Gasteiger partial charge is 0.365 e. The molecule has 0 aromatic heterocycles. The Morgan fingerprint density at radius 3 is 2.43 bits per heavy atom. The van der Waals surface area contributed by atoms with E-state index in [1.54, 1.807) is 0 Å². The van der Waals surface area contributed by atoms with Gasteiger partial charge in [-0.05, 0) is 12.1 Å². The van der Waals surface area contributed by atoms with Crippen molar-refractivity contribution >= 4 is 15.9 Å². The maximum absolute atomic E-state index is 13.6. The normalized spacial score (nSPS) is 17.8. The number of nitrogens with one attached hydrogen (secondary N) is 1. The first-order chi connectivity index (χ1) is 9.80. The number of carbonyl (C=O) groups is 1. The molecule has 0 atom stereocenters. The quantitative estimate of drug-likeness (QED) is 0.696. The minimum absolute atomic E-state index is 0.138. The third-order valence-electron chi connectivity index (χ3n) is 3.37. The first-order valence-electron chi connectivity index (χ1n) is 6.38. The number of sulfonamides is 1. The number of halogens is 2. The zero-order valence-corrected chi connectivity index (χ0v) is 12.0. The maximum Gasteiger partial charge on any atom is 0.272 e. The van der Waals surface area contributed by atoms with Gasteiger partial charge in [0.25, 0.3) is 5.91 Å². The standard InChI is InChI=1S/C12H15F2N3O3S/c13-9-1-2-11(10(14)7-9)21(19,20)17-5-3-16(4-6-17)8-12(15)18/h1-2,7H,3-6,8H2,(H2,15,18)/p+1. The lowest BCUT2D eigenvalue weighted by Gasteiger charge is -2.30. The molecule has 1 aliphatic heterocycles. The molecule has 3 N–H and O–H groups in total. The van der Waals surface area contributed by atoms with Crippen molar-refractivity contribution in [2.24, 2.45) is 5.73 Å². The lowest BCUT2D eigenvalue weighted by Crippen LogP contribution is -3.15. The van der Waals surface area contributed by atoms with Gasteiger partial charge in [0.1, 0.15) is 16.5 Å². The Morgan fingerprint density at radius 1 is 1.29 bits per heavy atom. The zero-order chi connectivity index (χ0) is 15.6. The van der Waals surface area contributed by atoms with Gasteiger partial charge in [-0.25, -0.2) is 17.2 Å². The molecule has 9 heteroatoms. The number of hydrogen-bond donors (Lipinski definition) is 2. The van der Waals surface area contributed by atoms with Crippen molar-refractivity contribution in [1.29, 1.82) is 0 Å². The molecule has 1 saturated heterocycles. The van der Waals surface area contributed by atoms with Crippen molar-refractivity contribution in [3.05, 3.63) is 29.8 Å². The molecule has 0 unspecified atom stereocenters. The van der Waals surface area contributed by atoms with E-state index in [1.807, 2.05) is 0 Å². The number of hydrogen-bond acceptors (Lipinski definition) is 3. The fourth-order valence-corrected chi connectivity index (χ4v) is 3.78. The molecule has 6 nitrogen and oxygen atoms in total. The van der Waals surface area contributed by atoms with Crippen LogP contribution >= 0.6 is 0 Å². The minimum Gasteiger partial charge on any atom is -0.365 e. The molecule has 1 aromatic rings. The number of primary amides is 1. The van der Waals surface area contributed by atoms with E-state index in [9.17, 15) is 22.0 Å². The zero-order valence-electron chi connectivity index (χ0n) is 11.2. The summed E-state index contributed by atoms with van der Waals surface area (Å²) in [5.41, 5.74) is 5.09. The molecule has 1 aliphatic rings. The smallest absolute Gasteiger partial charge is 0.272 e. The monoisotopic (exact) mass is 320 g/mol. The van der Waals surface area contributed by atoms with Crippen LogP contribution in [-0.4, -0.2) is 51.4 Å². The van der Waals surface area contributed by atoms with Gasteiger partial charge in [-0.1, -0.05) is 0 Å². The van der Waals surface area contributed by atoms with E-state index in [2.05, 4.69) is 0 Å². The number of quaternary nitrogens is 1. The molecule has 21 heavy (non-hydrogen) atoms. The van der Waals surface area contributed by atoms with E-state index in [1.165, 1.54) is 0 Å². The Morgan fingerprint density at radius 2 is 1.90 bits per heavy atom. The molecule has 116 valence electrons. The molecule has 0 aliphatic carbocycles. The highest BCUT2D eigenvalue weighted by atomic mass is 32.2. The second-order valence-electron chi connectivity index (χ2n) is 4.87. The molecular formula is C12H16F2N3O3S+. The van der Waals surface area contributed by atoms with Gasteiger partial charge in [0, 0.05) is 6.07 Å². The molecule has 0 spiro atoms. The average Bonchev–Trinajstić information content (AvgIpc) is 2.38. The summed E-state index contributed by atoms with van der Waals surface area (Å²) in [5.74, 6) is -2.39. The lowest BCUT2D eigenvalue weighted by atomic mass is 10.3. The number of benzene rings is 1. The van der Waals surface area contributed by atoms with Crippen LogP contribution in [0.4, 0.5) is 8.78 Å². The first kappa shape index (κ1) is 15.8. The summed E-state index contributed by atoms with van der Waals surface area (Å²) in [4.78, 5) is 11.2. The van der Waals surface area contributed by atoms with E-state index >= 15 is 0 Å². The van der Waals surface area contributed by atoms with E-state index in [0.717, 1.165) is 21.3 Å². The van der Waals surface area contributed by atoms with E-state index < -0.39 is 32.5 Å². The molecule has 2 rings (SSSR count). The molecule has 0 saturated carbocycles. The van der Waals surface area contributed by atoms with E-state index in [-0.39, 0.29) is 19.6 Å². The van der Waals surface area contributed by atoms with Crippen molar-refractivity contribution in [2.75, 3.05) is 32.7 Å². The Balaban J connectivity index is 2.13. The summed E-state index contributed by atoms with van der Waals surface area (Å²) in [6.07, 6.45) is 0. The van der Waals surface area contributed by atoms with Crippen LogP contribution in [0.3, 0.4) is 0 Å². The Hall–Kier alpha value is -1.58. The number of rotatable bonds is 4. The van der Waals surface area contributed by atoms with Crippen LogP contribution in [0.5, 0.6) is 0 Å². The third-order valence-corrected chi connectivity index (χ3v) is 5.30. The van der Waals surface area contributed by atoms with E-state index in [0.29, 0.717) is 19.2 Å². The number of carbonyl (C=O) groups excluding carboxylic acids is 1. The number of piperazine rings is 1. The molecule has 1 amide bonds. The Labute approximate surface area is 121 Å². The Bertz CT molecular complexity index is 643. The van der Waals surface area contributed by atoms with Crippen LogP contribution in [0, 0.1) is 11.6 Å². The summed E-state index contributed by atoms with van der Waals surface area (Å²) >= 11 is 0. The fraction of sp³-hybridized carbons (Fsp3) is 0.417. The summed E-state index contributed by atoms with van der Waals surface area (Å²) in [6.45, 7) is 1.26. The molecule has 1 fully saturated rings. The van der Waals surface area contributed by atoms with Crippen LogP contribution in [0.2, 0.25) is 0 Å². The van der Waals surface area contributed by atoms with Crippen LogP contribution in [-0.2, 0) is 14.8 Å². The molecule has 0 radical (unpaired) electrons. The van der Waals surface area contributed by atoms with Crippen molar-refractivity contribution in [3.8, 4) is 0 Å². The predicted molar refractivity (Wildman–Crippen MR) is 69.9 cm³/mol. The number of amides is 1. The Kier molecular flexibility index (Phi) is 4.55. The van der Waals surface area contributed by atoms with Gasteiger partial charge in [-0.3, -0.25) is 4.79 Å². The molecular weight excluding hydrogens is 304 g/mol. The van der Waals surface area contributed by atoms with Crippen molar-refractivity contribution in [1.82, 2.24) is 4.31 Å². The molecule has 1 heterocycles. The minimum atomic E-state index is -4.00. The topological polar surface area (TPSA) is 84.9 Å². The molecule has 0 bridgehead atoms. The van der Waals surface area contributed by atoms with Crippen molar-refractivity contribution in [2.45, 2.75) is 4.90 Å². The second-order valence-corrected chi connectivity index (χ2v) is 6.78. The van der Waals surface area contributed by atoms with Gasteiger partial charge in [0.05, 0.1) is 26.2 Å².